The zero-order valence-electron chi connectivity index (χ0n) is 11.5. The van der Waals surface area contributed by atoms with Gasteiger partial charge < -0.3 is 29.8 Å². The van der Waals surface area contributed by atoms with E-state index in [2.05, 4.69) is 20.9 Å². The molecule has 0 amide bonds. The molecule has 0 spiro atoms. The topological polar surface area (TPSA) is 94.9 Å². The number of aromatic nitrogens is 1. The van der Waals surface area contributed by atoms with Gasteiger partial charge in [0.15, 0.2) is 0 Å². The molecule has 1 aromatic heterocycles. The summed E-state index contributed by atoms with van der Waals surface area (Å²) in [5, 5.41) is 30.6. The largest absolute Gasteiger partial charge is 0.460 e. The molecular weight excluding hydrogens is 378 g/mol. The maximum absolute atomic E-state index is 10.0. The predicted molar refractivity (Wildman–Crippen MR) is 84.0 cm³/mol. The summed E-state index contributed by atoms with van der Waals surface area (Å²) in [4.78, 5) is 3.01. The van der Waals surface area contributed by atoms with Gasteiger partial charge in [0.05, 0.1) is 22.0 Å². The average Bonchev–Trinajstić information content (AvgIpc) is 2.90. The van der Waals surface area contributed by atoms with Crippen LogP contribution in [0.5, 0.6) is 5.75 Å². The lowest BCUT2D eigenvalue weighted by Crippen LogP contribution is -2.58. The summed E-state index contributed by atoms with van der Waals surface area (Å²) in [6, 6.07) is 3.64. The van der Waals surface area contributed by atoms with Gasteiger partial charge in [-0.2, -0.15) is 0 Å². The SMILES string of the molecule is C[C@H]1O[C@H](Oc2c[nH]c3ccc(Br)c(Cl)c23)[C@@H](O)[C@@H](O)[C@@H]1O. The molecule has 1 aromatic carbocycles. The normalized spacial score (nSPS) is 32.4. The molecule has 5 atom stereocenters. The van der Waals surface area contributed by atoms with E-state index in [1.165, 1.54) is 0 Å². The Kier molecular flexibility index (Phi) is 4.37. The molecule has 8 heteroatoms. The Morgan fingerprint density at radius 3 is 2.68 bits per heavy atom. The summed E-state index contributed by atoms with van der Waals surface area (Å²) >= 11 is 9.61. The molecule has 0 radical (unpaired) electrons. The van der Waals surface area contributed by atoms with Crippen molar-refractivity contribution in [2.75, 3.05) is 0 Å². The van der Waals surface area contributed by atoms with E-state index in [1.54, 1.807) is 19.2 Å². The van der Waals surface area contributed by atoms with Crippen LogP contribution in [0.25, 0.3) is 10.9 Å². The molecule has 0 unspecified atom stereocenters. The van der Waals surface area contributed by atoms with Crippen LogP contribution in [0.3, 0.4) is 0 Å². The molecule has 0 aliphatic carbocycles. The van der Waals surface area contributed by atoms with Gasteiger partial charge in [-0.05, 0) is 35.0 Å². The van der Waals surface area contributed by atoms with Crippen molar-refractivity contribution in [1.29, 1.82) is 0 Å². The Morgan fingerprint density at radius 2 is 1.95 bits per heavy atom. The minimum absolute atomic E-state index is 0.390. The van der Waals surface area contributed by atoms with Crippen LogP contribution in [-0.4, -0.2) is 51.0 Å². The van der Waals surface area contributed by atoms with Crippen molar-refractivity contribution in [2.45, 2.75) is 37.6 Å². The summed E-state index contributed by atoms with van der Waals surface area (Å²) in [6.07, 6.45) is -4.07. The average molecular weight is 393 g/mol. The summed E-state index contributed by atoms with van der Waals surface area (Å²) in [5.41, 5.74) is 0.766. The fraction of sp³-hybridized carbons (Fsp3) is 0.429. The van der Waals surface area contributed by atoms with Gasteiger partial charge in [-0.1, -0.05) is 11.6 Å². The second-order valence-electron chi connectivity index (χ2n) is 5.24. The van der Waals surface area contributed by atoms with Gasteiger partial charge in [0.25, 0.3) is 0 Å². The van der Waals surface area contributed by atoms with E-state index < -0.39 is 30.7 Å². The van der Waals surface area contributed by atoms with Crippen molar-refractivity contribution >= 4 is 38.4 Å². The number of rotatable bonds is 2. The Hall–Kier alpha value is -0.830. The highest BCUT2D eigenvalue weighted by molar-refractivity contribution is 9.10. The van der Waals surface area contributed by atoms with Crippen LogP contribution < -0.4 is 4.74 Å². The van der Waals surface area contributed by atoms with Crippen LogP contribution in [0.2, 0.25) is 5.02 Å². The van der Waals surface area contributed by atoms with E-state index in [9.17, 15) is 15.3 Å². The van der Waals surface area contributed by atoms with Crippen molar-refractivity contribution in [3.8, 4) is 5.75 Å². The van der Waals surface area contributed by atoms with E-state index >= 15 is 0 Å². The number of ether oxygens (including phenoxy) is 2. The van der Waals surface area contributed by atoms with Crippen LogP contribution in [0.4, 0.5) is 0 Å². The molecule has 22 heavy (non-hydrogen) atoms. The maximum Gasteiger partial charge on any atom is 0.229 e. The van der Waals surface area contributed by atoms with E-state index in [-0.39, 0.29) is 0 Å². The highest BCUT2D eigenvalue weighted by atomic mass is 79.9. The summed E-state index contributed by atoms with van der Waals surface area (Å²) in [5.74, 6) is 0.390. The number of hydrogen-bond donors (Lipinski definition) is 4. The summed E-state index contributed by atoms with van der Waals surface area (Å²) in [7, 11) is 0. The molecule has 0 saturated carbocycles. The lowest BCUT2D eigenvalue weighted by molar-refractivity contribution is -0.267. The first kappa shape index (κ1) is 16.0. The molecule has 2 aromatic rings. The number of aliphatic hydroxyl groups excluding tert-OH is 3. The van der Waals surface area contributed by atoms with Gasteiger partial charge in [-0.25, -0.2) is 0 Å². The minimum Gasteiger partial charge on any atom is -0.460 e. The fourth-order valence-corrected chi connectivity index (χ4v) is 3.04. The number of halogens is 2. The predicted octanol–water partition coefficient (Wildman–Crippen LogP) is 1.79. The molecule has 2 heterocycles. The van der Waals surface area contributed by atoms with Crippen molar-refractivity contribution in [2.24, 2.45) is 0 Å². The molecule has 120 valence electrons. The Balaban J connectivity index is 1.92. The van der Waals surface area contributed by atoms with Crippen molar-refractivity contribution in [3.63, 3.8) is 0 Å². The van der Waals surface area contributed by atoms with Gasteiger partial charge in [-0.15, -0.1) is 0 Å². The van der Waals surface area contributed by atoms with Crippen LogP contribution in [0.15, 0.2) is 22.8 Å². The Bertz CT molecular complexity index is 693. The maximum atomic E-state index is 10.0. The van der Waals surface area contributed by atoms with Gasteiger partial charge in [0, 0.05) is 10.7 Å². The molecule has 0 bridgehead atoms. The summed E-state index contributed by atoms with van der Waals surface area (Å²) < 4.78 is 11.8. The number of hydrogen-bond acceptors (Lipinski definition) is 5. The molecular formula is C14H15BrClNO5. The highest BCUT2D eigenvalue weighted by Gasteiger charge is 2.43. The number of benzene rings is 1. The molecule has 3 rings (SSSR count). The Labute approximate surface area is 139 Å². The monoisotopic (exact) mass is 391 g/mol. The number of aliphatic hydroxyl groups is 3. The van der Waals surface area contributed by atoms with Crippen LogP contribution in [-0.2, 0) is 4.74 Å². The molecule has 1 fully saturated rings. The smallest absolute Gasteiger partial charge is 0.229 e. The molecule has 6 nitrogen and oxygen atoms in total. The van der Waals surface area contributed by atoms with E-state index in [4.69, 9.17) is 21.1 Å². The number of nitrogens with one attached hydrogen (secondary N) is 1. The first-order valence-corrected chi connectivity index (χ1v) is 7.88. The quantitative estimate of drug-likeness (QED) is 0.625. The van der Waals surface area contributed by atoms with Gasteiger partial charge in [0.2, 0.25) is 6.29 Å². The fourth-order valence-electron chi connectivity index (χ4n) is 2.46. The van der Waals surface area contributed by atoms with Gasteiger partial charge in [0.1, 0.15) is 24.1 Å². The molecule has 1 aliphatic rings. The first-order chi connectivity index (χ1) is 10.4. The second-order valence-corrected chi connectivity index (χ2v) is 6.47. The van der Waals surface area contributed by atoms with E-state index in [0.717, 1.165) is 5.52 Å². The van der Waals surface area contributed by atoms with Crippen molar-refractivity contribution in [1.82, 2.24) is 4.98 Å². The van der Waals surface area contributed by atoms with Gasteiger partial charge in [-0.3, -0.25) is 0 Å². The third-order valence-electron chi connectivity index (χ3n) is 3.75. The van der Waals surface area contributed by atoms with Crippen LogP contribution in [0.1, 0.15) is 6.92 Å². The second kappa shape index (κ2) is 5.99. The van der Waals surface area contributed by atoms with E-state index in [0.29, 0.717) is 20.6 Å². The zero-order valence-corrected chi connectivity index (χ0v) is 13.9. The van der Waals surface area contributed by atoms with Crippen LogP contribution in [0, 0.1) is 0 Å². The first-order valence-electron chi connectivity index (χ1n) is 6.71. The number of H-pyrrole nitrogens is 1. The molecule has 4 N–H and O–H groups in total. The van der Waals surface area contributed by atoms with Crippen molar-refractivity contribution < 1.29 is 24.8 Å². The highest BCUT2D eigenvalue weighted by Crippen LogP contribution is 2.38. The number of fused-ring (bicyclic) bond motifs is 1. The zero-order chi connectivity index (χ0) is 16.0. The molecule has 1 saturated heterocycles. The third kappa shape index (κ3) is 2.62. The lowest BCUT2D eigenvalue weighted by atomic mass is 10.00. The van der Waals surface area contributed by atoms with Crippen LogP contribution >= 0.6 is 27.5 Å². The molecule has 1 aliphatic heterocycles. The van der Waals surface area contributed by atoms with E-state index in [1.807, 2.05) is 6.07 Å². The summed E-state index contributed by atoms with van der Waals surface area (Å²) in [6.45, 7) is 1.59. The standard InChI is InChI=1S/C14H15BrClNO5/c1-5-11(18)12(19)13(20)14(21-5)22-8-4-17-7-3-2-6(15)10(16)9(7)8/h2-5,11-14,17-20H,1H3/t5-,11-,12+,13+,14-/m1/s1. The minimum atomic E-state index is -1.37. The third-order valence-corrected chi connectivity index (χ3v) is 5.03. The van der Waals surface area contributed by atoms with Crippen molar-refractivity contribution in [3.05, 3.63) is 27.8 Å². The number of aromatic amines is 1. The Morgan fingerprint density at radius 1 is 1.23 bits per heavy atom. The lowest BCUT2D eigenvalue weighted by Gasteiger charge is -2.38. The van der Waals surface area contributed by atoms with Gasteiger partial charge >= 0.3 is 0 Å².